The second-order valence-corrected chi connectivity index (χ2v) is 3.49. The fraction of sp³-hybridized carbons (Fsp3) is 0.400. The molecule has 2 rings (SSSR count). The summed E-state index contributed by atoms with van der Waals surface area (Å²) in [6.45, 7) is 0. The first-order valence-corrected chi connectivity index (χ1v) is 4.15. The van der Waals surface area contributed by atoms with Crippen LogP contribution >= 0.6 is 0 Å². The first-order valence-electron chi connectivity index (χ1n) is 4.15. The normalized spacial score (nSPS) is 19.2. The summed E-state index contributed by atoms with van der Waals surface area (Å²) < 4.78 is 13.0. The summed E-state index contributed by atoms with van der Waals surface area (Å²) in [5, 5.41) is 9.54. The third-order valence-electron chi connectivity index (χ3n) is 2.30. The summed E-state index contributed by atoms with van der Waals surface area (Å²) in [5.74, 6) is -0.210. The molecule has 1 saturated carbocycles. The second kappa shape index (κ2) is 2.56. The largest absolute Gasteiger partial charge is 0.390 e. The summed E-state index contributed by atoms with van der Waals surface area (Å²) in [7, 11) is 0. The van der Waals surface area contributed by atoms with Crippen LogP contribution in [0.1, 0.15) is 18.4 Å². The highest BCUT2D eigenvalue weighted by atomic mass is 19.1. The van der Waals surface area contributed by atoms with Crippen LogP contribution in [-0.2, 0) is 6.42 Å². The van der Waals surface area contributed by atoms with Gasteiger partial charge in [-0.3, -0.25) is 0 Å². The summed E-state index contributed by atoms with van der Waals surface area (Å²) in [4.78, 5) is 0. The van der Waals surface area contributed by atoms with Gasteiger partial charge in [0.15, 0.2) is 0 Å². The van der Waals surface area contributed by atoms with E-state index in [0.29, 0.717) is 12.0 Å². The number of halogens is 1. The molecule has 0 radical (unpaired) electrons. The first kappa shape index (κ1) is 7.74. The van der Waals surface area contributed by atoms with Crippen LogP contribution in [0.4, 0.5) is 4.39 Å². The van der Waals surface area contributed by atoms with Gasteiger partial charge in [0.25, 0.3) is 0 Å². The Bertz CT molecular complexity index is 292. The molecule has 1 aromatic rings. The maximum atomic E-state index is 13.0. The molecule has 0 spiro atoms. The highest BCUT2D eigenvalue weighted by Gasteiger charge is 2.40. The highest BCUT2D eigenvalue weighted by Crippen LogP contribution is 2.38. The van der Waals surface area contributed by atoms with Gasteiger partial charge in [-0.05, 0) is 24.5 Å². The smallest absolute Gasteiger partial charge is 0.126 e. The molecule has 0 aromatic heterocycles. The highest BCUT2D eigenvalue weighted by molar-refractivity contribution is 5.21. The Morgan fingerprint density at radius 3 is 2.58 bits per heavy atom. The van der Waals surface area contributed by atoms with E-state index in [1.54, 1.807) is 18.2 Å². The summed E-state index contributed by atoms with van der Waals surface area (Å²) in [5.41, 5.74) is 0.0276. The lowest BCUT2D eigenvalue weighted by atomic mass is 10.1. The minimum Gasteiger partial charge on any atom is -0.390 e. The Labute approximate surface area is 70.8 Å². The monoisotopic (exact) mass is 166 g/mol. The van der Waals surface area contributed by atoms with Gasteiger partial charge in [-0.2, -0.15) is 0 Å². The molecule has 1 aromatic carbocycles. The van der Waals surface area contributed by atoms with Crippen molar-refractivity contribution in [2.24, 2.45) is 0 Å². The second-order valence-electron chi connectivity index (χ2n) is 3.49. The van der Waals surface area contributed by atoms with E-state index >= 15 is 0 Å². The molecular formula is C10H11FO. The maximum absolute atomic E-state index is 13.0. The van der Waals surface area contributed by atoms with Gasteiger partial charge in [-0.1, -0.05) is 18.2 Å². The molecule has 1 N–H and O–H groups in total. The van der Waals surface area contributed by atoms with Gasteiger partial charge < -0.3 is 5.11 Å². The molecule has 12 heavy (non-hydrogen) atoms. The fourth-order valence-corrected chi connectivity index (χ4v) is 1.32. The predicted molar refractivity (Wildman–Crippen MR) is 44.3 cm³/mol. The van der Waals surface area contributed by atoms with Gasteiger partial charge >= 0.3 is 0 Å². The van der Waals surface area contributed by atoms with Crippen LogP contribution in [0, 0.1) is 5.82 Å². The molecule has 0 amide bonds. The average molecular weight is 166 g/mol. The molecule has 0 saturated heterocycles. The Hall–Kier alpha value is -0.890. The van der Waals surface area contributed by atoms with Gasteiger partial charge in [0.2, 0.25) is 0 Å². The van der Waals surface area contributed by atoms with Crippen LogP contribution in [0.15, 0.2) is 24.3 Å². The lowest BCUT2D eigenvalue weighted by molar-refractivity contribution is 0.149. The van der Waals surface area contributed by atoms with E-state index in [9.17, 15) is 9.50 Å². The molecule has 0 atom stereocenters. The van der Waals surface area contributed by atoms with Gasteiger partial charge in [-0.15, -0.1) is 0 Å². The van der Waals surface area contributed by atoms with Gasteiger partial charge in [0.1, 0.15) is 5.82 Å². The third kappa shape index (κ3) is 1.48. The van der Waals surface area contributed by atoms with E-state index in [1.165, 1.54) is 6.07 Å². The molecule has 0 aliphatic heterocycles. The number of hydrogen-bond donors (Lipinski definition) is 1. The van der Waals surface area contributed by atoms with E-state index in [1.807, 2.05) is 0 Å². The topological polar surface area (TPSA) is 20.2 Å². The van der Waals surface area contributed by atoms with Crippen molar-refractivity contribution in [3.05, 3.63) is 35.6 Å². The van der Waals surface area contributed by atoms with Crippen molar-refractivity contribution in [3.8, 4) is 0 Å². The molecule has 1 nitrogen and oxygen atoms in total. The SMILES string of the molecule is OC1(Cc2ccccc2F)CC1. The molecule has 2 heteroatoms. The van der Waals surface area contributed by atoms with E-state index < -0.39 is 5.60 Å². The summed E-state index contributed by atoms with van der Waals surface area (Å²) in [6.07, 6.45) is 2.07. The molecule has 1 aliphatic rings. The van der Waals surface area contributed by atoms with Crippen molar-refractivity contribution >= 4 is 0 Å². The van der Waals surface area contributed by atoms with Crippen LogP contribution in [0.3, 0.4) is 0 Å². The molecular weight excluding hydrogens is 155 g/mol. The zero-order chi connectivity index (χ0) is 8.60. The van der Waals surface area contributed by atoms with Crippen LogP contribution < -0.4 is 0 Å². The lowest BCUT2D eigenvalue weighted by Gasteiger charge is -2.07. The number of benzene rings is 1. The zero-order valence-corrected chi connectivity index (χ0v) is 6.76. The fourth-order valence-electron chi connectivity index (χ4n) is 1.32. The molecule has 1 aliphatic carbocycles. The Balaban J connectivity index is 2.17. The molecule has 0 unspecified atom stereocenters. The number of aliphatic hydroxyl groups is 1. The van der Waals surface area contributed by atoms with Crippen molar-refractivity contribution < 1.29 is 9.50 Å². The quantitative estimate of drug-likeness (QED) is 0.711. The number of rotatable bonds is 2. The van der Waals surface area contributed by atoms with Crippen molar-refractivity contribution in [2.45, 2.75) is 24.9 Å². The van der Waals surface area contributed by atoms with Crippen LogP contribution in [0.2, 0.25) is 0 Å². The lowest BCUT2D eigenvalue weighted by Crippen LogP contribution is -2.11. The van der Waals surface area contributed by atoms with E-state index in [4.69, 9.17) is 0 Å². The van der Waals surface area contributed by atoms with Crippen LogP contribution in [0.5, 0.6) is 0 Å². The number of hydrogen-bond acceptors (Lipinski definition) is 1. The van der Waals surface area contributed by atoms with Gasteiger partial charge in [-0.25, -0.2) is 4.39 Å². The molecule has 64 valence electrons. The van der Waals surface area contributed by atoms with E-state index in [-0.39, 0.29) is 5.82 Å². The Morgan fingerprint density at radius 2 is 2.00 bits per heavy atom. The zero-order valence-electron chi connectivity index (χ0n) is 6.76. The van der Waals surface area contributed by atoms with E-state index in [2.05, 4.69) is 0 Å². The Morgan fingerprint density at radius 1 is 1.33 bits per heavy atom. The van der Waals surface area contributed by atoms with Crippen LogP contribution in [0.25, 0.3) is 0 Å². The van der Waals surface area contributed by atoms with Gasteiger partial charge in [0, 0.05) is 6.42 Å². The van der Waals surface area contributed by atoms with Crippen molar-refractivity contribution in [3.63, 3.8) is 0 Å². The average Bonchev–Trinajstić information content (AvgIpc) is 2.74. The summed E-state index contributed by atoms with van der Waals surface area (Å²) >= 11 is 0. The predicted octanol–water partition coefficient (Wildman–Crippen LogP) is 1.89. The molecule has 1 fully saturated rings. The Kier molecular flexibility index (Phi) is 1.65. The maximum Gasteiger partial charge on any atom is 0.126 e. The van der Waals surface area contributed by atoms with E-state index in [0.717, 1.165) is 12.8 Å². The van der Waals surface area contributed by atoms with Crippen molar-refractivity contribution in [1.29, 1.82) is 0 Å². The minimum atomic E-state index is -0.595. The first-order chi connectivity index (χ1) is 5.70. The third-order valence-corrected chi connectivity index (χ3v) is 2.30. The van der Waals surface area contributed by atoms with Crippen LogP contribution in [-0.4, -0.2) is 10.7 Å². The van der Waals surface area contributed by atoms with Crippen molar-refractivity contribution in [2.75, 3.05) is 0 Å². The summed E-state index contributed by atoms with van der Waals surface area (Å²) in [6, 6.07) is 6.62. The van der Waals surface area contributed by atoms with Gasteiger partial charge in [0.05, 0.1) is 5.60 Å². The standard InChI is InChI=1S/C10H11FO/c11-9-4-2-1-3-8(9)7-10(12)5-6-10/h1-4,12H,5-7H2. The minimum absolute atomic E-state index is 0.210. The molecule has 0 heterocycles. The molecule has 0 bridgehead atoms. The van der Waals surface area contributed by atoms with Crippen molar-refractivity contribution in [1.82, 2.24) is 0 Å².